The van der Waals surface area contributed by atoms with Gasteiger partial charge >= 0.3 is 0 Å². The van der Waals surface area contributed by atoms with Gasteiger partial charge in [-0.25, -0.2) is 8.42 Å². The molecule has 0 heterocycles. The van der Waals surface area contributed by atoms with E-state index in [0.29, 0.717) is 0 Å². The van der Waals surface area contributed by atoms with Crippen LogP contribution in [0.25, 0.3) is 5.57 Å². The summed E-state index contributed by atoms with van der Waals surface area (Å²) >= 11 is 2.33. The predicted molar refractivity (Wildman–Crippen MR) is 142 cm³/mol. The van der Waals surface area contributed by atoms with Crippen molar-refractivity contribution in [2.75, 3.05) is 0 Å². The van der Waals surface area contributed by atoms with Crippen LogP contribution >= 0.6 is 22.6 Å². The van der Waals surface area contributed by atoms with E-state index in [1.165, 1.54) is 0 Å². The first-order valence-corrected chi connectivity index (χ1v) is 13.2. The lowest BCUT2D eigenvalue weighted by molar-refractivity contribution is 0.539. The molecule has 5 rings (SSSR count). The van der Waals surface area contributed by atoms with Crippen molar-refractivity contribution in [2.24, 2.45) is 0 Å². The van der Waals surface area contributed by atoms with Crippen LogP contribution in [0.15, 0.2) is 118 Å². The topological polar surface area (TPSA) is 46.2 Å². The molecule has 0 amide bonds. The summed E-state index contributed by atoms with van der Waals surface area (Å²) in [5, 5.41) is 0. The number of aryl methyl sites for hydroxylation is 1. The van der Waals surface area contributed by atoms with Crippen LogP contribution < -0.4 is 4.72 Å². The van der Waals surface area contributed by atoms with Crippen molar-refractivity contribution >= 4 is 38.2 Å². The average Bonchev–Trinajstić information content (AvgIpc) is 3.08. The number of benzene rings is 4. The first-order chi connectivity index (χ1) is 15.9. The Morgan fingerprint density at radius 3 is 1.97 bits per heavy atom. The Kier molecular flexibility index (Phi) is 5.72. The molecule has 0 bridgehead atoms. The SMILES string of the molecule is Cc1ccc(S(=O)(=O)N[C@@]2(c3ccccc3)C(I)=C(c3ccccc3)c3ccccc32)cc1. The second-order valence-electron chi connectivity index (χ2n) is 8.14. The van der Waals surface area contributed by atoms with Crippen molar-refractivity contribution in [3.63, 3.8) is 0 Å². The van der Waals surface area contributed by atoms with Crippen molar-refractivity contribution in [3.8, 4) is 0 Å². The third kappa shape index (κ3) is 3.74. The molecule has 1 aliphatic rings. The van der Waals surface area contributed by atoms with Gasteiger partial charge in [-0.2, -0.15) is 4.72 Å². The van der Waals surface area contributed by atoms with Crippen LogP contribution in [0.2, 0.25) is 0 Å². The molecule has 1 atom stereocenters. The second kappa shape index (κ2) is 8.56. The zero-order valence-corrected chi connectivity index (χ0v) is 21.0. The number of hydrogen-bond donors (Lipinski definition) is 1. The van der Waals surface area contributed by atoms with E-state index < -0.39 is 15.6 Å². The second-order valence-corrected chi connectivity index (χ2v) is 10.9. The molecule has 3 nitrogen and oxygen atoms in total. The summed E-state index contributed by atoms with van der Waals surface area (Å²) in [6.45, 7) is 1.94. The van der Waals surface area contributed by atoms with Gasteiger partial charge in [-0.15, -0.1) is 0 Å². The molecule has 1 N–H and O–H groups in total. The van der Waals surface area contributed by atoms with Crippen LogP contribution in [0.4, 0.5) is 0 Å². The van der Waals surface area contributed by atoms with Crippen LogP contribution in [0.1, 0.15) is 27.8 Å². The summed E-state index contributed by atoms with van der Waals surface area (Å²) in [7, 11) is -3.84. The molecule has 164 valence electrons. The summed E-state index contributed by atoms with van der Waals surface area (Å²) < 4.78 is 31.5. The Morgan fingerprint density at radius 1 is 0.727 bits per heavy atom. The number of fused-ring (bicyclic) bond motifs is 1. The molecule has 5 heteroatoms. The van der Waals surface area contributed by atoms with E-state index in [9.17, 15) is 8.42 Å². The fourth-order valence-corrected chi connectivity index (χ4v) is 7.31. The fraction of sp³-hybridized carbons (Fsp3) is 0.0714. The van der Waals surface area contributed by atoms with E-state index >= 15 is 0 Å². The Balaban J connectivity index is 1.80. The van der Waals surface area contributed by atoms with Crippen molar-refractivity contribution in [2.45, 2.75) is 17.4 Å². The maximum absolute atomic E-state index is 13.7. The zero-order valence-electron chi connectivity index (χ0n) is 18.0. The summed E-state index contributed by atoms with van der Waals surface area (Å²) in [5.74, 6) is 0. The lowest BCUT2D eigenvalue weighted by Gasteiger charge is -2.33. The van der Waals surface area contributed by atoms with Gasteiger partial charge in [0.15, 0.2) is 0 Å². The third-order valence-electron chi connectivity index (χ3n) is 6.04. The smallest absolute Gasteiger partial charge is 0.207 e. The average molecular weight is 563 g/mol. The first kappa shape index (κ1) is 22.1. The van der Waals surface area contributed by atoms with Gasteiger partial charge in [0, 0.05) is 9.15 Å². The largest absolute Gasteiger partial charge is 0.241 e. The van der Waals surface area contributed by atoms with Crippen molar-refractivity contribution in [1.82, 2.24) is 4.72 Å². The van der Waals surface area contributed by atoms with E-state index in [4.69, 9.17) is 0 Å². The molecule has 0 radical (unpaired) electrons. The van der Waals surface area contributed by atoms with E-state index in [0.717, 1.165) is 37.0 Å². The quantitative estimate of drug-likeness (QED) is 0.285. The fourth-order valence-electron chi connectivity index (χ4n) is 4.45. The molecule has 4 aromatic rings. The van der Waals surface area contributed by atoms with Crippen LogP contribution in [0, 0.1) is 6.92 Å². The lowest BCUT2D eigenvalue weighted by Crippen LogP contribution is -2.46. The molecule has 0 aromatic heterocycles. The molecule has 0 unspecified atom stereocenters. The maximum Gasteiger partial charge on any atom is 0.241 e. The minimum Gasteiger partial charge on any atom is -0.207 e. The van der Waals surface area contributed by atoms with E-state index in [1.54, 1.807) is 12.1 Å². The molecular formula is C28H22INO2S. The van der Waals surface area contributed by atoms with Crippen molar-refractivity contribution in [1.29, 1.82) is 0 Å². The maximum atomic E-state index is 13.7. The predicted octanol–water partition coefficient (Wildman–Crippen LogP) is 6.43. The van der Waals surface area contributed by atoms with Gasteiger partial charge in [-0.3, -0.25) is 0 Å². The van der Waals surface area contributed by atoms with Gasteiger partial charge in [-0.1, -0.05) is 103 Å². The molecule has 33 heavy (non-hydrogen) atoms. The highest BCUT2D eigenvalue weighted by Gasteiger charge is 2.48. The summed E-state index contributed by atoms with van der Waals surface area (Å²) in [6.07, 6.45) is 0. The van der Waals surface area contributed by atoms with E-state index in [1.807, 2.05) is 85.8 Å². The van der Waals surface area contributed by atoms with Gasteiger partial charge in [0.25, 0.3) is 0 Å². The number of halogens is 1. The van der Waals surface area contributed by atoms with Crippen molar-refractivity contribution in [3.05, 3.63) is 141 Å². The third-order valence-corrected chi connectivity index (χ3v) is 8.85. The number of sulfonamides is 1. The van der Waals surface area contributed by atoms with Gasteiger partial charge in [0.2, 0.25) is 10.0 Å². The van der Waals surface area contributed by atoms with Gasteiger partial charge in [-0.05, 0) is 63.9 Å². The Hall–Kier alpha value is -2.74. The molecule has 0 aliphatic heterocycles. The molecule has 1 aliphatic carbocycles. The highest BCUT2D eigenvalue weighted by Crippen LogP contribution is 2.54. The molecule has 0 saturated heterocycles. The molecular weight excluding hydrogens is 541 g/mol. The van der Waals surface area contributed by atoms with E-state index in [2.05, 4.69) is 45.5 Å². The Morgan fingerprint density at radius 2 is 1.30 bits per heavy atom. The molecule has 0 fully saturated rings. The monoisotopic (exact) mass is 563 g/mol. The van der Waals surface area contributed by atoms with Gasteiger partial charge < -0.3 is 0 Å². The normalized spacial score (nSPS) is 17.8. The first-order valence-electron chi connectivity index (χ1n) is 10.7. The minimum atomic E-state index is -3.84. The molecule has 0 saturated carbocycles. The van der Waals surface area contributed by atoms with Crippen LogP contribution in [0.5, 0.6) is 0 Å². The summed E-state index contributed by atoms with van der Waals surface area (Å²) in [6, 6.07) is 35.0. The minimum absolute atomic E-state index is 0.248. The highest BCUT2D eigenvalue weighted by atomic mass is 127. The number of nitrogens with one attached hydrogen (secondary N) is 1. The standard InChI is InChI=1S/C28H22INO2S/c1-20-16-18-23(19-17-20)33(31,32)30-28(22-12-6-3-7-13-22)25-15-9-8-14-24(25)26(27(28)29)21-10-4-2-5-11-21/h2-19,30H,1H3/t28-/m1/s1. The van der Waals surface area contributed by atoms with E-state index in [-0.39, 0.29) is 4.90 Å². The summed E-state index contributed by atoms with van der Waals surface area (Å²) in [5.41, 5.74) is 4.91. The summed E-state index contributed by atoms with van der Waals surface area (Å²) in [4.78, 5) is 0.248. The number of hydrogen-bond acceptors (Lipinski definition) is 2. The van der Waals surface area contributed by atoms with Crippen LogP contribution in [-0.4, -0.2) is 8.42 Å². The molecule has 4 aromatic carbocycles. The lowest BCUT2D eigenvalue weighted by atomic mass is 9.86. The van der Waals surface area contributed by atoms with Crippen LogP contribution in [-0.2, 0) is 15.6 Å². The zero-order chi connectivity index (χ0) is 23.1. The molecule has 0 spiro atoms. The Labute approximate surface area is 208 Å². The Bertz CT molecular complexity index is 1450. The van der Waals surface area contributed by atoms with Gasteiger partial charge in [0.1, 0.15) is 5.54 Å². The van der Waals surface area contributed by atoms with Gasteiger partial charge in [0.05, 0.1) is 4.90 Å². The number of rotatable bonds is 5. The van der Waals surface area contributed by atoms with Crippen LogP contribution in [0.3, 0.4) is 0 Å². The highest BCUT2D eigenvalue weighted by molar-refractivity contribution is 14.1. The van der Waals surface area contributed by atoms with Crippen molar-refractivity contribution < 1.29 is 8.42 Å².